The zero-order valence-corrected chi connectivity index (χ0v) is 16.7. The second-order valence-electron chi connectivity index (χ2n) is 7.15. The minimum absolute atomic E-state index is 0.0322. The highest BCUT2D eigenvalue weighted by Gasteiger charge is 2.47. The Kier molecular flexibility index (Phi) is 5.58. The van der Waals surface area contributed by atoms with Crippen LogP contribution < -0.4 is 5.32 Å². The summed E-state index contributed by atoms with van der Waals surface area (Å²) in [4.78, 5) is 26.1. The molecule has 0 unspecified atom stereocenters. The number of aromatic nitrogens is 3. The Hall–Kier alpha value is -3.14. The summed E-state index contributed by atoms with van der Waals surface area (Å²) >= 11 is 1.33. The van der Waals surface area contributed by atoms with Gasteiger partial charge in [0, 0.05) is 18.3 Å². The van der Waals surface area contributed by atoms with Crippen molar-refractivity contribution in [2.45, 2.75) is 31.5 Å². The van der Waals surface area contributed by atoms with Crippen LogP contribution >= 0.6 is 11.3 Å². The van der Waals surface area contributed by atoms with Crippen LogP contribution in [0.5, 0.6) is 0 Å². The van der Waals surface area contributed by atoms with Crippen LogP contribution in [0.1, 0.15) is 32.8 Å². The van der Waals surface area contributed by atoms with Crippen molar-refractivity contribution < 1.29 is 18.4 Å². The summed E-state index contributed by atoms with van der Waals surface area (Å²) in [6, 6.07) is 10.3. The number of amides is 2. The molecule has 1 saturated heterocycles. The van der Waals surface area contributed by atoms with Crippen LogP contribution in [0.25, 0.3) is 0 Å². The molecular weight excluding hydrogens is 412 g/mol. The van der Waals surface area contributed by atoms with Gasteiger partial charge in [-0.05, 0) is 17.0 Å². The highest BCUT2D eigenvalue weighted by molar-refractivity contribution is 7.08. The Morgan fingerprint density at radius 3 is 2.77 bits per heavy atom. The fraction of sp³-hybridized carbons (Fsp3) is 0.300. The van der Waals surface area contributed by atoms with E-state index in [1.165, 1.54) is 27.1 Å². The first-order valence-corrected chi connectivity index (χ1v) is 10.3. The van der Waals surface area contributed by atoms with E-state index in [4.69, 9.17) is 0 Å². The SMILES string of the molecule is O=C(NCc1ccccc1)c1cn(C[C@@H]2CC(F)(F)CN2C(=O)c2ccsc2)nn1. The van der Waals surface area contributed by atoms with Crippen molar-refractivity contribution in [3.8, 4) is 0 Å². The van der Waals surface area contributed by atoms with Gasteiger partial charge >= 0.3 is 0 Å². The van der Waals surface area contributed by atoms with Crippen molar-refractivity contribution in [2.24, 2.45) is 0 Å². The fourth-order valence-electron chi connectivity index (χ4n) is 3.43. The summed E-state index contributed by atoms with van der Waals surface area (Å²) < 4.78 is 29.4. The molecule has 0 spiro atoms. The number of hydrogen-bond donors (Lipinski definition) is 1. The molecule has 3 aromatic rings. The van der Waals surface area contributed by atoms with Crippen molar-refractivity contribution in [3.05, 3.63) is 70.2 Å². The topological polar surface area (TPSA) is 80.1 Å². The van der Waals surface area contributed by atoms with Crippen LogP contribution in [0.2, 0.25) is 0 Å². The van der Waals surface area contributed by atoms with Gasteiger partial charge in [-0.3, -0.25) is 9.59 Å². The summed E-state index contributed by atoms with van der Waals surface area (Å²) in [6.07, 6.45) is 0.947. The third-order valence-electron chi connectivity index (χ3n) is 4.87. The standard InChI is InChI=1S/C20H19F2N5O2S/c21-20(22)8-16(27(13-20)19(29)15-6-7-30-12-15)10-26-11-17(24-25-26)18(28)23-9-14-4-2-1-3-5-14/h1-7,11-12,16H,8-10,13H2,(H,23,28)/t16-/m0/s1. The Bertz CT molecular complexity index is 1020. The van der Waals surface area contributed by atoms with Gasteiger partial charge in [0.2, 0.25) is 0 Å². The van der Waals surface area contributed by atoms with E-state index in [1.807, 2.05) is 30.3 Å². The Morgan fingerprint density at radius 2 is 2.03 bits per heavy atom. The van der Waals surface area contributed by atoms with E-state index in [2.05, 4.69) is 15.6 Å². The summed E-state index contributed by atoms with van der Waals surface area (Å²) in [5.74, 6) is -3.81. The van der Waals surface area contributed by atoms with Gasteiger partial charge in [-0.15, -0.1) is 5.10 Å². The minimum Gasteiger partial charge on any atom is -0.347 e. The van der Waals surface area contributed by atoms with E-state index >= 15 is 0 Å². The smallest absolute Gasteiger partial charge is 0.273 e. The van der Waals surface area contributed by atoms with E-state index in [1.54, 1.807) is 16.8 Å². The molecule has 4 rings (SSSR count). The quantitative estimate of drug-likeness (QED) is 0.651. The van der Waals surface area contributed by atoms with E-state index in [-0.39, 0.29) is 12.2 Å². The van der Waals surface area contributed by atoms with Crippen LogP contribution in [-0.2, 0) is 13.1 Å². The van der Waals surface area contributed by atoms with Crippen molar-refractivity contribution in [1.29, 1.82) is 0 Å². The number of alkyl halides is 2. The van der Waals surface area contributed by atoms with E-state index in [0.29, 0.717) is 12.1 Å². The lowest BCUT2D eigenvalue weighted by molar-refractivity contribution is 0.0117. The number of carbonyl (C=O) groups is 2. The van der Waals surface area contributed by atoms with Crippen LogP contribution in [0.3, 0.4) is 0 Å². The Labute approximate surface area is 175 Å². The zero-order chi connectivity index (χ0) is 21.1. The number of carbonyl (C=O) groups excluding carboxylic acids is 2. The van der Waals surface area contributed by atoms with Crippen molar-refractivity contribution in [2.75, 3.05) is 6.54 Å². The monoisotopic (exact) mass is 431 g/mol. The van der Waals surface area contributed by atoms with Gasteiger partial charge in [0.1, 0.15) is 0 Å². The molecule has 1 N–H and O–H groups in total. The number of nitrogens with zero attached hydrogens (tertiary/aromatic N) is 4. The van der Waals surface area contributed by atoms with Crippen LogP contribution in [0, 0.1) is 0 Å². The summed E-state index contributed by atoms with van der Waals surface area (Å²) in [7, 11) is 0. The number of benzene rings is 1. The van der Waals surface area contributed by atoms with Crippen molar-refractivity contribution in [3.63, 3.8) is 0 Å². The van der Waals surface area contributed by atoms with Crippen molar-refractivity contribution in [1.82, 2.24) is 25.2 Å². The van der Waals surface area contributed by atoms with Crippen LogP contribution in [0.15, 0.2) is 53.4 Å². The lowest BCUT2D eigenvalue weighted by Gasteiger charge is -2.23. The van der Waals surface area contributed by atoms with Gasteiger partial charge in [0.05, 0.1) is 30.9 Å². The van der Waals surface area contributed by atoms with E-state index in [0.717, 1.165) is 5.56 Å². The summed E-state index contributed by atoms with van der Waals surface area (Å²) in [5.41, 5.74) is 1.42. The second-order valence-corrected chi connectivity index (χ2v) is 7.93. The van der Waals surface area contributed by atoms with Gasteiger partial charge < -0.3 is 10.2 Å². The van der Waals surface area contributed by atoms with E-state index < -0.39 is 36.7 Å². The number of thiophene rings is 1. The third kappa shape index (κ3) is 4.54. The number of nitrogens with one attached hydrogen (secondary N) is 1. The average molecular weight is 431 g/mol. The molecule has 1 aromatic carbocycles. The third-order valence-corrected chi connectivity index (χ3v) is 5.55. The molecule has 156 valence electrons. The number of hydrogen-bond acceptors (Lipinski definition) is 5. The first-order chi connectivity index (χ1) is 14.4. The Balaban J connectivity index is 1.41. The molecule has 2 amide bonds. The molecule has 10 heteroatoms. The molecule has 30 heavy (non-hydrogen) atoms. The number of likely N-dealkylation sites (tertiary alicyclic amines) is 1. The predicted octanol–water partition coefficient (Wildman–Crippen LogP) is 2.82. The predicted molar refractivity (Wildman–Crippen MR) is 106 cm³/mol. The minimum atomic E-state index is -2.97. The maximum atomic E-state index is 14.0. The van der Waals surface area contributed by atoms with Gasteiger partial charge in [-0.2, -0.15) is 11.3 Å². The lowest BCUT2D eigenvalue weighted by atomic mass is 10.2. The zero-order valence-electron chi connectivity index (χ0n) is 15.9. The van der Waals surface area contributed by atoms with Crippen molar-refractivity contribution >= 4 is 23.2 Å². The molecule has 1 atom stereocenters. The normalized spacial score (nSPS) is 17.8. The average Bonchev–Trinajstić information content (AvgIpc) is 3.47. The molecule has 2 aromatic heterocycles. The molecule has 7 nitrogen and oxygen atoms in total. The molecular formula is C20H19F2N5O2S. The summed E-state index contributed by atoms with van der Waals surface area (Å²) in [5, 5.41) is 13.8. The Morgan fingerprint density at radius 1 is 1.23 bits per heavy atom. The summed E-state index contributed by atoms with van der Waals surface area (Å²) in [6.45, 7) is -0.264. The highest BCUT2D eigenvalue weighted by Crippen LogP contribution is 2.34. The van der Waals surface area contributed by atoms with Gasteiger partial charge in [-0.25, -0.2) is 13.5 Å². The largest absolute Gasteiger partial charge is 0.347 e. The maximum absolute atomic E-state index is 14.0. The van der Waals surface area contributed by atoms with E-state index in [9.17, 15) is 18.4 Å². The molecule has 1 aliphatic rings. The highest BCUT2D eigenvalue weighted by atomic mass is 32.1. The van der Waals surface area contributed by atoms with Crippen LogP contribution in [0.4, 0.5) is 8.78 Å². The number of halogens is 2. The lowest BCUT2D eigenvalue weighted by Crippen LogP contribution is -2.38. The maximum Gasteiger partial charge on any atom is 0.273 e. The molecule has 0 saturated carbocycles. The molecule has 0 aliphatic carbocycles. The molecule has 1 fully saturated rings. The molecule has 0 radical (unpaired) electrons. The number of rotatable bonds is 6. The first-order valence-electron chi connectivity index (χ1n) is 9.34. The van der Waals surface area contributed by atoms with Gasteiger partial charge in [0.15, 0.2) is 5.69 Å². The molecule has 0 bridgehead atoms. The van der Waals surface area contributed by atoms with Gasteiger partial charge in [-0.1, -0.05) is 35.5 Å². The van der Waals surface area contributed by atoms with Gasteiger partial charge in [0.25, 0.3) is 17.7 Å². The van der Waals surface area contributed by atoms with Crippen LogP contribution in [-0.4, -0.2) is 50.2 Å². The second kappa shape index (κ2) is 8.31. The molecule has 1 aliphatic heterocycles. The fourth-order valence-corrected chi connectivity index (χ4v) is 4.06. The first kappa shape index (κ1) is 20.1. The molecule has 3 heterocycles.